The fourth-order valence-electron chi connectivity index (χ4n) is 2.86. The topological polar surface area (TPSA) is 56.1 Å². The lowest BCUT2D eigenvalue weighted by atomic mass is 10.2. The van der Waals surface area contributed by atoms with Crippen molar-refractivity contribution in [2.24, 2.45) is 0 Å². The van der Waals surface area contributed by atoms with Crippen LogP contribution in [0.2, 0.25) is 0 Å². The first-order chi connectivity index (χ1) is 13.9. The molecule has 1 heterocycles. The summed E-state index contributed by atoms with van der Waals surface area (Å²) in [7, 11) is 5.78. The summed E-state index contributed by atoms with van der Waals surface area (Å²) in [6.45, 7) is 5.36. The summed E-state index contributed by atoms with van der Waals surface area (Å²) in [6, 6.07) is 13.1. The minimum atomic E-state index is -0.0617. The van der Waals surface area contributed by atoms with Crippen LogP contribution >= 0.6 is 11.3 Å². The van der Waals surface area contributed by atoms with Crippen molar-refractivity contribution in [3.05, 3.63) is 48.0 Å². The lowest BCUT2D eigenvalue weighted by Gasteiger charge is -2.21. The summed E-state index contributed by atoms with van der Waals surface area (Å²) < 4.78 is 12.0. The molecule has 3 aromatic rings. The van der Waals surface area contributed by atoms with Gasteiger partial charge >= 0.3 is 0 Å². The molecule has 0 spiro atoms. The van der Waals surface area contributed by atoms with Crippen LogP contribution in [-0.4, -0.2) is 51.3 Å². The quantitative estimate of drug-likeness (QED) is 0.616. The number of amides is 1. The van der Waals surface area contributed by atoms with Gasteiger partial charge in [0.15, 0.2) is 5.13 Å². The van der Waals surface area contributed by atoms with Crippen LogP contribution in [-0.2, 0) is 0 Å². The number of nitrogens with zero attached hydrogens (tertiary/aromatic N) is 2. The van der Waals surface area contributed by atoms with E-state index in [0.717, 1.165) is 28.3 Å². The molecule has 0 atom stereocenters. The summed E-state index contributed by atoms with van der Waals surface area (Å²) in [4.78, 5) is 21.1. The third kappa shape index (κ3) is 5.25. The zero-order chi connectivity index (χ0) is 21.0. The molecule has 0 saturated carbocycles. The maximum atomic E-state index is 13.3. The molecule has 1 amide bonds. The van der Waals surface area contributed by atoms with E-state index in [9.17, 15) is 4.79 Å². The van der Waals surface area contributed by atoms with E-state index in [4.69, 9.17) is 14.5 Å². The van der Waals surface area contributed by atoms with E-state index >= 15 is 0 Å². The maximum absolute atomic E-state index is 13.3. The minimum Gasteiger partial charge on any atom is -0.497 e. The number of carbonyl (C=O) groups excluding carboxylic acids is 1. The first kappa shape index (κ1) is 21.1. The molecule has 0 unspecified atom stereocenters. The number of hydrogen-bond acceptors (Lipinski definition) is 5. The van der Waals surface area contributed by atoms with Gasteiger partial charge in [0.1, 0.15) is 11.5 Å². The zero-order valence-corrected chi connectivity index (χ0v) is 18.4. The van der Waals surface area contributed by atoms with Gasteiger partial charge in [-0.2, -0.15) is 0 Å². The van der Waals surface area contributed by atoms with E-state index in [1.165, 1.54) is 16.2 Å². The van der Waals surface area contributed by atoms with Gasteiger partial charge in [-0.15, -0.1) is 0 Å². The Morgan fingerprint density at radius 1 is 1.14 bits per heavy atom. The second kappa shape index (κ2) is 9.24. The molecule has 3 rings (SSSR count). The van der Waals surface area contributed by atoms with Gasteiger partial charge < -0.3 is 14.4 Å². The van der Waals surface area contributed by atoms with E-state index in [1.54, 1.807) is 12.0 Å². The van der Waals surface area contributed by atoms with Crippen molar-refractivity contribution in [2.45, 2.75) is 20.0 Å². The molecule has 0 aliphatic heterocycles. The number of likely N-dealkylation sites (N-methyl/N-ethyl adjacent to an activating group) is 1. The molecular formula is C22H28N3O3S+. The van der Waals surface area contributed by atoms with Gasteiger partial charge in [0.2, 0.25) is 0 Å². The van der Waals surface area contributed by atoms with Gasteiger partial charge in [-0.3, -0.25) is 9.69 Å². The average molecular weight is 415 g/mol. The van der Waals surface area contributed by atoms with E-state index in [0.29, 0.717) is 17.2 Å². The zero-order valence-electron chi connectivity index (χ0n) is 17.6. The number of rotatable bonds is 8. The molecule has 7 heteroatoms. The van der Waals surface area contributed by atoms with E-state index < -0.39 is 0 Å². The first-order valence-corrected chi connectivity index (χ1v) is 10.5. The number of ether oxygens (including phenoxy) is 2. The third-order valence-electron chi connectivity index (χ3n) is 4.37. The summed E-state index contributed by atoms with van der Waals surface area (Å²) in [5.74, 6) is 1.45. The number of fused-ring (bicyclic) bond motifs is 1. The highest BCUT2D eigenvalue weighted by Gasteiger charge is 2.22. The van der Waals surface area contributed by atoms with Crippen LogP contribution in [0.5, 0.6) is 11.5 Å². The van der Waals surface area contributed by atoms with Crippen molar-refractivity contribution >= 4 is 32.6 Å². The largest absolute Gasteiger partial charge is 0.497 e. The monoisotopic (exact) mass is 414 g/mol. The highest BCUT2D eigenvalue weighted by atomic mass is 32.1. The number of methoxy groups -OCH3 is 1. The molecule has 1 N–H and O–H groups in total. The third-order valence-corrected chi connectivity index (χ3v) is 5.43. The molecule has 0 fully saturated rings. The van der Waals surface area contributed by atoms with Crippen LogP contribution in [0.1, 0.15) is 24.2 Å². The fourth-order valence-corrected chi connectivity index (χ4v) is 3.83. The van der Waals surface area contributed by atoms with Gasteiger partial charge in [0.05, 0.1) is 50.6 Å². The number of anilines is 1. The Bertz CT molecular complexity index is 967. The Kier molecular flexibility index (Phi) is 6.71. The molecule has 0 aliphatic carbocycles. The van der Waals surface area contributed by atoms with Gasteiger partial charge in [-0.1, -0.05) is 11.3 Å². The molecule has 6 nitrogen and oxygen atoms in total. The van der Waals surface area contributed by atoms with Gasteiger partial charge in [0, 0.05) is 11.6 Å². The average Bonchev–Trinajstić information content (AvgIpc) is 3.10. The summed E-state index contributed by atoms with van der Waals surface area (Å²) >= 11 is 1.52. The van der Waals surface area contributed by atoms with Crippen molar-refractivity contribution in [1.29, 1.82) is 0 Å². The molecule has 154 valence electrons. The van der Waals surface area contributed by atoms with E-state index in [1.807, 2.05) is 56.3 Å². The summed E-state index contributed by atoms with van der Waals surface area (Å²) in [5, 5.41) is 0.696. The second-order valence-electron chi connectivity index (χ2n) is 7.43. The molecule has 2 aromatic carbocycles. The lowest BCUT2D eigenvalue weighted by molar-refractivity contribution is -0.856. The van der Waals surface area contributed by atoms with E-state index in [-0.39, 0.29) is 12.0 Å². The number of quaternary nitrogens is 1. The van der Waals surface area contributed by atoms with E-state index in [2.05, 4.69) is 14.1 Å². The number of aromatic nitrogens is 1. The van der Waals surface area contributed by atoms with Gasteiger partial charge in [-0.25, -0.2) is 4.98 Å². The Morgan fingerprint density at radius 2 is 1.83 bits per heavy atom. The molecule has 0 radical (unpaired) electrons. The Hall–Kier alpha value is -2.64. The molecule has 29 heavy (non-hydrogen) atoms. The van der Waals surface area contributed by atoms with Crippen LogP contribution in [0.15, 0.2) is 42.5 Å². The number of hydrogen-bond donors (Lipinski definition) is 1. The second-order valence-corrected chi connectivity index (χ2v) is 8.44. The Balaban J connectivity index is 1.91. The number of nitrogens with one attached hydrogen (secondary N) is 1. The first-order valence-electron chi connectivity index (χ1n) is 9.69. The lowest BCUT2D eigenvalue weighted by Crippen LogP contribution is -3.06. The van der Waals surface area contributed by atoms with Crippen LogP contribution < -0.4 is 19.3 Å². The van der Waals surface area contributed by atoms with Crippen LogP contribution in [0.3, 0.4) is 0 Å². The Morgan fingerprint density at radius 3 is 2.45 bits per heavy atom. The highest BCUT2D eigenvalue weighted by Crippen LogP contribution is 2.32. The molecule has 0 bridgehead atoms. The van der Waals surface area contributed by atoms with Gasteiger partial charge in [-0.05, 0) is 50.2 Å². The molecular weight excluding hydrogens is 386 g/mol. The Labute approximate surface area is 175 Å². The van der Waals surface area contributed by atoms with Crippen molar-refractivity contribution in [3.63, 3.8) is 0 Å². The number of benzene rings is 2. The molecule has 0 aliphatic rings. The predicted molar refractivity (Wildman–Crippen MR) is 118 cm³/mol. The van der Waals surface area contributed by atoms with Crippen LogP contribution in [0.4, 0.5) is 5.13 Å². The number of thiazole rings is 1. The van der Waals surface area contributed by atoms with Gasteiger partial charge in [0.25, 0.3) is 5.91 Å². The van der Waals surface area contributed by atoms with Crippen molar-refractivity contribution in [3.8, 4) is 11.5 Å². The number of carbonyl (C=O) groups is 1. The fraction of sp³-hybridized carbons (Fsp3) is 0.364. The summed E-state index contributed by atoms with van der Waals surface area (Å²) in [5.41, 5.74) is 1.45. The maximum Gasteiger partial charge on any atom is 0.260 e. The van der Waals surface area contributed by atoms with Crippen molar-refractivity contribution in [2.75, 3.05) is 39.2 Å². The predicted octanol–water partition coefficient (Wildman–Crippen LogP) is 2.88. The van der Waals surface area contributed by atoms with Crippen LogP contribution in [0, 0.1) is 0 Å². The molecule has 1 aromatic heterocycles. The molecule has 0 saturated heterocycles. The minimum absolute atomic E-state index is 0.0617. The van der Waals surface area contributed by atoms with Crippen LogP contribution in [0.25, 0.3) is 10.2 Å². The highest BCUT2D eigenvalue weighted by molar-refractivity contribution is 7.22. The van der Waals surface area contributed by atoms with Crippen molar-refractivity contribution in [1.82, 2.24) is 4.98 Å². The summed E-state index contributed by atoms with van der Waals surface area (Å²) in [6.07, 6.45) is 0.0934. The SMILES string of the molecule is COc1ccc2sc(N(CC[NH+](C)C)C(=O)c3ccc(OC(C)C)cc3)nc2c1. The smallest absolute Gasteiger partial charge is 0.260 e. The normalized spacial score (nSPS) is 11.3. The standard InChI is InChI=1S/C22H27N3O3S/c1-15(2)28-17-8-6-16(7-9-17)21(26)25(13-12-24(3)4)22-23-19-14-18(27-5)10-11-20(19)29-22/h6-11,14-15H,12-13H2,1-5H3/p+1. The van der Waals surface area contributed by atoms with Crippen molar-refractivity contribution < 1.29 is 19.2 Å².